The second kappa shape index (κ2) is 5.87. The van der Waals surface area contributed by atoms with Crippen molar-refractivity contribution in [2.45, 2.75) is 41.0 Å². The maximum Gasteiger partial charge on any atom is 0.264 e. The fourth-order valence-corrected chi connectivity index (χ4v) is 3.63. The van der Waals surface area contributed by atoms with Crippen molar-refractivity contribution in [3.8, 4) is 0 Å². The second-order valence-corrected chi connectivity index (χ2v) is 5.79. The van der Waals surface area contributed by atoms with E-state index in [9.17, 15) is 4.79 Å². The van der Waals surface area contributed by atoms with Crippen LogP contribution in [0.2, 0.25) is 0 Å². The summed E-state index contributed by atoms with van der Waals surface area (Å²) in [5.41, 5.74) is 1.99. The summed E-state index contributed by atoms with van der Waals surface area (Å²) in [6.45, 7) is 11.5. The van der Waals surface area contributed by atoms with Crippen molar-refractivity contribution in [3.05, 3.63) is 22.0 Å². The van der Waals surface area contributed by atoms with E-state index < -0.39 is 0 Å². The molecule has 0 N–H and O–H groups in total. The highest BCUT2D eigenvalue weighted by atomic mass is 32.1. The lowest BCUT2D eigenvalue weighted by Gasteiger charge is -2.17. The second-order valence-electron chi connectivity index (χ2n) is 4.79. The molecule has 1 amide bonds. The fraction of sp³-hybridized carbons (Fsp3) is 0.533. The van der Waals surface area contributed by atoms with E-state index in [0.717, 1.165) is 51.7 Å². The molecule has 0 atom stereocenters. The summed E-state index contributed by atoms with van der Waals surface area (Å²) in [6.07, 6.45) is 0.813. The minimum absolute atomic E-state index is 0.105. The van der Waals surface area contributed by atoms with E-state index in [0.29, 0.717) is 0 Å². The molecule has 0 radical (unpaired) electrons. The number of rotatable bonds is 4. The van der Waals surface area contributed by atoms with E-state index in [4.69, 9.17) is 0 Å². The molecular weight excluding hydrogens is 270 g/mol. The summed E-state index contributed by atoms with van der Waals surface area (Å²) in [5, 5.41) is 1.04. The predicted octanol–water partition coefficient (Wildman–Crippen LogP) is 3.35. The fourth-order valence-electron chi connectivity index (χ4n) is 2.41. The van der Waals surface area contributed by atoms with Crippen LogP contribution in [0.4, 0.5) is 0 Å². The minimum Gasteiger partial charge on any atom is -0.338 e. The number of amides is 1. The summed E-state index contributed by atoms with van der Waals surface area (Å²) >= 11 is 1.49. The van der Waals surface area contributed by atoms with E-state index >= 15 is 0 Å². The van der Waals surface area contributed by atoms with Crippen molar-refractivity contribution in [2.24, 2.45) is 0 Å². The van der Waals surface area contributed by atoms with Gasteiger partial charge in [-0.25, -0.2) is 9.97 Å². The van der Waals surface area contributed by atoms with Gasteiger partial charge in [0.2, 0.25) is 0 Å². The zero-order valence-electron chi connectivity index (χ0n) is 12.8. The molecule has 0 bridgehead atoms. The molecule has 0 saturated heterocycles. The molecule has 20 heavy (non-hydrogen) atoms. The summed E-state index contributed by atoms with van der Waals surface area (Å²) in [7, 11) is 0. The quantitative estimate of drug-likeness (QED) is 0.868. The smallest absolute Gasteiger partial charge is 0.264 e. The summed E-state index contributed by atoms with van der Waals surface area (Å²) in [4.78, 5) is 25.2. The number of aromatic nitrogens is 2. The molecule has 2 rings (SSSR count). The third kappa shape index (κ3) is 2.42. The molecular formula is C15H21N3OS. The van der Waals surface area contributed by atoms with Gasteiger partial charge in [0.05, 0.1) is 4.88 Å². The summed E-state index contributed by atoms with van der Waals surface area (Å²) < 4.78 is 0. The van der Waals surface area contributed by atoms with E-state index in [-0.39, 0.29) is 5.91 Å². The van der Waals surface area contributed by atoms with Crippen LogP contribution in [0, 0.1) is 13.8 Å². The lowest BCUT2D eigenvalue weighted by molar-refractivity contribution is 0.0777. The molecule has 5 heteroatoms. The molecule has 0 spiro atoms. The summed E-state index contributed by atoms with van der Waals surface area (Å²) in [5.74, 6) is 0.950. The van der Waals surface area contributed by atoms with Crippen molar-refractivity contribution in [1.82, 2.24) is 14.9 Å². The summed E-state index contributed by atoms with van der Waals surface area (Å²) in [6, 6.07) is 0. The van der Waals surface area contributed by atoms with Gasteiger partial charge in [0.1, 0.15) is 10.7 Å². The maximum absolute atomic E-state index is 12.6. The van der Waals surface area contributed by atoms with Crippen LogP contribution in [-0.2, 0) is 6.42 Å². The lowest BCUT2D eigenvalue weighted by atomic mass is 10.1. The molecule has 0 aromatic carbocycles. The molecule has 0 unspecified atom stereocenters. The molecule has 4 nitrogen and oxygen atoms in total. The minimum atomic E-state index is 0.105. The van der Waals surface area contributed by atoms with Crippen LogP contribution in [0.5, 0.6) is 0 Å². The van der Waals surface area contributed by atoms with Gasteiger partial charge in [-0.2, -0.15) is 0 Å². The van der Waals surface area contributed by atoms with Crippen LogP contribution in [0.25, 0.3) is 10.2 Å². The van der Waals surface area contributed by atoms with Crippen LogP contribution in [0.15, 0.2) is 0 Å². The highest BCUT2D eigenvalue weighted by Gasteiger charge is 2.21. The number of fused-ring (bicyclic) bond motifs is 1. The highest BCUT2D eigenvalue weighted by molar-refractivity contribution is 7.20. The molecule has 0 aliphatic carbocycles. The van der Waals surface area contributed by atoms with Gasteiger partial charge >= 0.3 is 0 Å². The van der Waals surface area contributed by atoms with Gasteiger partial charge in [-0.1, -0.05) is 6.92 Å². The number of hydrogen-bond acceptors (Lipinski definition) is 4. The molecule has 0 fully saturated rings. The standard InChI is InChI=1S/C15H21N3OS/c1-6-11-16-10(5)12-9(4)13(20-14(12)17-11)15(19)18(7-2)8-3/h6-8H2,1-5H3. The van der Waals surface area contributed by atoms with Crippen molar-refractivity contribution in [1.29, 1.82) is 0 Å². The van der Waals surface area contributed by atoms with E-state index in [1.807, 2.05) is 39.5 Å². The number of carbonyl (C=O) groups excluding carboxylic acids is 1. The Morgan fingerprint density at radius 3 is 2.35 bits per heavy atom. The van der Waals surface area contributed by atoms with Gasteiger partial charge in [-0.3, -0.25) is 4.79 Å². The Kier molecular flexibility index (Phi) is 4.38. The third-order valence-corrected chi connectivity index (χ3v) is 4.75. The normalized spacial score (nSPS) is 11.1. The Morgan fingerprint density at radius 2 is 1.80 bits per heavy atom. The Morgan fingerprint density at radius 1 is 1.15 bits per heavy atom. The van der Waals surface area contributed by atoms with Crippen molar-refractivity contribution in [3.63, 3.8) is 0 Å². The topological polar surface area (TPSA) is 46.1 Å². The van der Waals surface area contributed by atoms with Crippen LogP contribution in [0.3, 0.4) is 0 Å². The SMILES string of the molecule is CCc1nc(C)c2c(C)c(C(=O)N(CC)CC)sc2n1. The Labute approximate surface area is 123 Å². The Hall–Kier alpha value is -1.49. The Bertz CT molecular complexity index is 644. The van der Waals surface area contributed by atoms with Crippen molar-refractivity contribution >= 4 is 27.5 Å². The number of carbonyl (C=O) groups is 1. The predicted molar refractivity (Wildman–Crippen MR) is 83.5 cm³/mol. The third-order valence-electron chi connectivity index (χ3n) is 3.58. The van der Waals surface area contributed by atoms with Gasteiger partial charge in [0.15, 0.2) is 0 Å². The zero-order valence-corrected chi connectivity index (χ0v) is 13.6. The molecule has 2 aromatic heterocycles. The van der Waals surface area contributed by atoms with Gasteiger partial charge < -0.3 is 4.90 Å². The first kappa shape index (κ1) is 14.9. The first-order valence-corrected chi connectivity index (χ1v) is 7.90. The van der Waals surface area contributed by atoms with Gasteiger partial charge in [0.25, 0.3) is 5.91 Å². The average Bonchev–Trinajstić information content (AvgIpc) is 2.77. The molecule has 0 aliphatic rings. The van der Waals surface area contributed by atoms with Crippen molar-refractivity contribution in [2.75, 3.05) is 13.1 Å². The average molecular weight is 291 g/mol. The molecule has 0 saturated carbocycles. The highest BCUT2D eigenvalue weighted by Crippen LogP contribution is 2.32. The van der Waals surface area contributed by atoms with E-state index in [2.05, 4.69) is 9.97 Å². The van der Waals surface area contributed by atoms with Gasteiger partial charge in [0, 0.05) is 30.6 Å². The van der Waals surface area contributed by atoms with Crippen LogP contribution in [0.1, 0.15) is 47.5 Å². The van der Waals surface area contributed by atoms with Crippen molar-refractivity contribution < 1.29 is 4.79 Å². The molecule has 2 aromatic rings. The number of nitrogens with zero attached hydrogens (tertiary/aromatic N) is 3. The van der Waals surface area contributed by atoms with Crippen LogP contribution >= 0.6 is 11.3 Å². The number of hydrogen-bond donors (Lipinski definition) is 0. The number of thiophene rings is 1. The first-order valence-electron chi connectivity index (χ1n) is 7.09. The largest absolute Gasteiger partial charge is 0.338 e. The van der Waals surface area contributed by atoms with Gasteiger partial charge in [-0.05, 0) is 33.3 Å². The van der Waals surface area contributed by atoms with Gasteiger partial charge in [-0.15, -0.1) is 11.3 Å². The zero-order chi connectivity index (χ0) is 14.9. The van der Waals surface area contributed by atoms with Crippen LogP contribution < -0.4 is 0 Å². The maximum atomic E-state index is 12.6. The molecule has 108 valence electrons. The molecule has 2 heterocycles. The molecule has 0 aliphatic heterocycles. The first-order chi connectivity index (χ1) is 9.53. The Balaban J connectivity index is 2.59. The van der Waals surface area contributed by atoms with E-state index in [1.165, 1.54) is 11.3 Å². The monoisotopic (exact) mass is 291 g/mol. The number of aryl methyl sites for hydroxylation is 3. The lowest BCUT2D eigenvalue weighted by Crippen LogP contribution is -2.30. The van der Waals surface area contributed by atoms with E-state index in [1.54, 1.807) is 0 Å². The van der Waals surface area contributed by atoms with Crippen LogP contribution in [-0.4, -0.2) is 33.9 Å².